The van der Waals surface area contributed by atoms with Crippen molar-refractivity contribution in [2.75, 3.05) is 25.0 Å². The van der Waals surface area contributed by atoms with Gasteiger partial charge in [0.25, 0.3) is 0 Å². The molecule has 2 heterocycles. The zero-order valence-electron chi connectivity index (χ0n) is 14.4. The Bertz CT molecular complexity index is 717. The molecule has 1 aromatic carbocycles. The van der Waals surface area contributed by atoms with Crippen LogP contribution in [0.5, 0.6) is 0 Å². The number of para-hydroxylation sites is 1. The van der Waals surface area contributed by atoms with Crippen molar-refractivity contribution < 1.29 is 0 Å². The number of rotatable bonds is 4. The SMILES string of the molecule is CN=C(NCc1ccnn1C)NC1CCN(c2ccccc2Br)C1.I. The van der Waals surface area contributed by atoms with Gasteiger partial charge in [0.2, 0.25) is 0 Å². The van der Waals surface area contributed by atoms with Crippen LogP contribution in [-0.2, 0) is 13.6 Å². The fourth-order valence-corrected chi connectivity index (χ4v) is 3.48. The highest BCUT2D eigenvalue weighted by Crippen LogP contribution is 2.28. The highest BCUT2D eigenvalue weighted by molar-refractivity contribution is 14.0. The Morgan fingerprint density at radius 2 is 2.16 bits per heavy atom. The third-order valence-electron chi connectivity index (χ3n) is 4.31. The Morgan fingerprint density at radius 3 is 2.84 bits per heavy atom. The van der Waals surface area contributed by atoms with E-state index in [4.69, 9.17) is 0 Å². The fourth-order valence-electron chi connectivity index (χ4n) is 2.94. The molecule has 2 N–H and O–H groups in total. The second-order valence-electron chi connectivity index (χ2n) is 5.90. The lowest BCUT2D eigenvalue weighted by molar-refractivity contribution is 0.637. The van der Waals surface area contributed by atoms with Crippen molar-refractivity contribution in [3.8, 4) is 0 Å². The van der Waals surface area contributed by atoms with Gasteiger partial charge in [-0.15, -0.1) is 24.0 Å². The molecule has 0 bridgehead atoms. The van der Waals surface area contributed by atoms with E-state index in [9.17, 15) is 0 Å². The number of nitrogens with zero attached hydrogens (tertiary/aromatic N) is 4. The summed E-state index contributed by atoms with van der Waals surface area (Å²) in [7, 11) is 3.75. The highest BCUT2D eigenvalue weighted by atomic mass is 127. The summed E-state index contributed by atoms with van der Waals surface area (Å²) in [6.07, 6.45) is 2.90. The third kappa shape index (κ3) is 5.10. The smallest absolute Gasteiger partial charge is 0.191 e. The lowest BCUT2D eigenvalue weighted by Crippen LogP contribution is -2.44. The van der Waals surface area contributed by atoms with Gasteiger partial charge in [-0.1, -0.05) is 12.1 Å². The number of hydrogen-bond acceptors (Lipinski definition) is 3. The van der Waals surface area contributed by atoms with Crippen molar-refractivity contribution in [1.82, 2.24) is 20.4 Å². The lowest BCUT2D eigenvalue weighted by atomic mass is 10.2. The minimum atomic E-state index is 0. The average Bonchev–Trinajstić information content (AvgIpc) is 3.21. The van der Waals surface area contributed by atoms with Gasteiger partial charge in [-0.2, -0.15) is 5.10 Å². The van der Waals surface area contributed by atoms with E-state index in [0.29, 0.717) is 12.6 Å². The number of aliphatic imine (C=N–C) groups is 1. The van der Waals surface area contributed by atoms with Gasteiger partial charge in [0, 0.05) is 43.9 Å². The van der Waals surface area contributed by atoms with E-state index in [2.05, 4.69) is 59.8 Å². The van der Waals surface area contributed by atoms with Crippen LogP contribution < -0.4 is 15.5 Å². The molecule has 1 unspecified atom stereocenters. The number of aromatic nitrogens is 2. The number of benzene rings is 1. The standard InChI is InChI=1S/C17H23BrN6.HI/c1-19-17(20-11-14-7-9-21-23(14)2)22-13-8-10-24(12-13)16-6-4-3-5-15(16)18;/h3-7,9,13H,8,10-12H2,1-2H3,(H2,19,20,22);1H. The molecule has 1 atom stereocenters. The monoisotopic (exact) mass is 518 g/mol. The number of nitrogens with one attached hydrogen (secondary N) is 2. The maximum atomic E-state index is 4.33. The molecule has 3 rings (SSSR count). The van der Waals surface area contributed by atoms with Crippen LogP contribution in [-0.4, -0.2) is 41.9 Å². The summed E-state index contributed by atoms with van der Waals surface area (Å²) < 4.78 is 3.01. The maximum absolute atomic E-state index is 4.33. The lowest BCUT2D eigenvalue weighted by Gasteiger charge is -2.21. The molecule has 2 aromatic rings. The largest absolute Gasteiger partial charge is 0.368 e. The van der Waals surface area contributed by atoms with Gasteiger partial charge in [0.1, 0.15) is 0 Å². The molecule has 0 aliphatic carbocycles. The van der Waals surface area contributed by atoms with Gasteiger partial charge >= 0.3 is 0 Å². The Labute approximate surface area is 174 Å². The molecular formula is C17H24BrIN6. The summed E-state index contributed by atoms with van der Waals surface area (Å²) in [6.45, 7) is 2.71. The summed E-state index contributed by atoms with van der Waals surface area (Å²) in [4.78, 5) is 6.73. The number of halogens is 2. The van der Waals surface area contributed by atoms with E-state index < -0.39 is 0 Å². The molecule has 1 saturated heterocycles. The van der Waals surface area contributed by atoms with Crippen molar-refractivity contribution in [1.29, 1.82) is 0 Å². The highest BCUT2D eigenvalue weighted by Gasteiger charge is 2.24. The molecule has 0 saturated carbocycles. The predicted molar refractivity (Wildman–Crippen MR) is 117 cm³/mol. The topological polar surface area (TPSA) is 57.5 Å². The summed E-state index contributed by atoms with van der Waals surface area (Å²) in [6, 6.07) is 10.8. The molecule has 0 spiro atoms. The van der Waals surface area contributed by atoms with E-state index in [1.807, 2.05) is 23.9 Å². The van der Waals surface area contributed by atoms with E-state index in [1.54, 1.807) is 13.2 Å². The number of aryl methyl sites for hydroxylation is 1. The summed E-state index contributed by atoms with van der Waals surface area (Å²) >= 11 is 3.64. The molecule has 136 valence electrons. The zero-order valence-corrected chi connectivity index (χ0v) is 18.4. The van der Waals surface area contributed by atoms with Gasteiger partial charge in [-0.3, -0.25) is 9.67 Å². The molecular weight excluding hydrogens is 495 g/mol. The molecule has 6 nitrogen and oxygen atoms in total. The minimum absolute atomic E-state index is 0. The first kappa shape index (κ1) is 20.0. The van der Waals surface area contributed by atoms with Crippen molar-refractivity contribution >= 4 is 51.6 Å². The van der Waals surface area contributed by atoms with E-state index >= 15 is 0 Å². The van der Waals surface area contributed by atoms with E-state index in [-0.39, 0.29) is 24.0 Å². The molecule has 1 aliphatic heterocycles. The van der Waals surface area contributed by atoms with Crippen LogP contribution in [0.1, 0.15) is 12.1 Å². The second-order valence-corrected chi connectivity index (χ2v) is 6.75. The van der Waals surface area contributed by atoms with Crippen LogP contribution in [0.15, 0.2) is 46.0 Å². The van der Waals surface area contributed by atoms with Crippen molar-refractivity contribution in [3.05, 3.63) is 46.7 Å². The first-order chi connectivity index (χ1) is 11.7. The first-order valence-corrected chi connectivity index (χ1v) is 8.90. The zero-order chi connectivity index (χ0) is 16.9. The first-order valence-electron chi connectivity index (χ1n) is 8.11. The molecule has 1 fully saturated rings. The predicted octanol–water partition coefficient (Wildman–Crippen LogP) is 2.74. The van der Waals surface area contributed by atoms with Gasteiger partial charge in [-0.05, 0) is 40.5 Å². The molecule has 1 aromatic heterocycles. The Kier molecular flexibility index (Phi) is 7.55. The van der Waals surface area contributed by atoms with Crippen molar-refractivity contribution in [2.45, 2.75) is 19.0 Å². The van der Waals surface area contributed by atoms with Crippen molar-refractivity contribution in [2.24, 2.45) is 12.0 Å². The summed E-state index contributed by atoms with van der Waals surface area (Å²) in [5, 5.41) is 11.1. The minimum Gasteiger partial charge on any atom is -0.368 e. The molecule has 0 amide bonds. The van der Waals surface area contributed by atoms with Crippen LogP contribution in [0, 0.1) is 0 Å². The van der Waals surface area contributed by atoms with E-state index in [0.717, 1.165) is 35.6 Å². The van der Waals surface area contributed by atoms with Gasteiger partial charge in [0.15, 0.2) is 5.96 Å². The number of guanidine groups is 1. The van der Waals surface area contributed by atoms with E-state index in [1.165, 1.54) is 5.69 Å². The van der Waals surface area contributed by atoms with Crippen LogP contribution in [0.2, 0.25) is 0 Å². The molecule has 25 heavy (non-hydrogen) atoms. The fraction of sp³-hybridized carbons (Fsp3) is 0.412. The van der Waals surface area contributed by atoms with Crippen molar-refractivity contribution in [3.63, 3.8) is 0 Å². The average molecular weight is 519 g/mol. The molecule has 0 radical (unpaired) electrons. The maximum Gasteiger partial charge on any atom is 0.191 e. The Hall–Kier alpha value is -1.29. The molecule has 8 heteroatoms. The summed E-state index contributed by atoms with van der Waals surface area (Å²) in [5.41, 5.74) is 2.37. The van der Waals surface area contributed by atoms with Gasteiger partial charge < -0.3 is 15.5 Å². The Balaban J connectivity index is 0.00000225. The van der Waals surface area contributed by atoms with Crippen LogP contribution >= 0.6 is 39.9 Å². The van der Waals surface area contributed by atoms with Crippen LogP contribution in [0.25, 0.3) is 0 Å². The van der Waals surface area contributed by atoms with Crippen LogP contribution in [0.4, 0.5) is 5.69 Å². The Morgan fingerprint density at radius 1 is 1.36 bits per heavy atom. The normalized spacial score (nSPS) is 17.3. The summed E-state index contributed by atoms with van der Waals surface area (Å²) in [5.74, 6) is 0.829. The number of anilines is 1. The van der Waals surface area contributed by atoms with Gasteiger partial charge in [0.05, 0.1) is 17.9 Å². The second kappa shape index (κ2) is 9.42. The number of hydrogen-bond donors (Lipinski definition) is 2. The third-order valence-corrected chi connectivity index (χ3v) is 4.98. The molecule has 1 aliphatic rings. The van der Waals surface area contributed by atoms with Gasteiger partial charge in [-0.25, -0.2) is 0 Å². The van der Waals surface area contributed by atoms with Crippen LogP contribution in [0.3, 0.4) is 0 Å². The quantitative estimate of drug-likeness (QED) is 0.371.